The number of rotatable bonds is 8. The van der Waals surface area contributed by atoms with Crippen LogP contribution in [0.1, 0.15) is 11.1 Å². The first-order chi connectivity index (χ1) is 16.8. The fourth-order valence-corrected chi connectivity index (χ4v) is 4.95. The third-order valence-electron chi connectivity index (χ3n) is 5.30. The van der Waals surface area contributed by atoms with Crippen molar-refractivity contribution in [2.45, 2.75) is 11.4 Å². The van der Waals surface area contributed by atoms with Gasteiger partial charge in [-0.05, 0) is 46.7 Å². The Hall–Kier alpha value is -4.08. The summed E-state index contributed by atoms with van der Waals surface area (Å²) in [7, 11) is -4.03. The first kappa shape index (κ1) is 24.1. The highest BCUT2D eigenvalue weighted by molar-refractivity contribution is 7.89. The van der Waals surface area contributed by atoms with E-state index in [0.717, 1.165) is 15.1 Å². The zero-order valence-electron chi connectivity index (χ0n) is 18.5. The summed E-state index contributed by atoms with van der Waals surface area (Å²) in [6, 6.07) is 23.8. The Morgan fingerprint density at radius 3 is 2.37 bits per heavy atom. The highest BCUT2D eigenvalue weighted by Gasteiger charge is 2.26. The van der Waals surface area contributed by atoms with Crippen molar-refractivity contribution in [1.82, 2.24) is 9.73 Å². The third kappa shape index (κ3) is 5.71. The lowest BCUT2D eigenvalue weighted by Crippen LogP contribution is -2.39. The Labute approximate surface area is 202 Å². The van der Waals surface area contributed by atoms with Crippen molar-refractivity contribution in [3.8, 4) is 5.75 Å². The first-order valence-corrected chi connectivity index (χ1v) is 12.1. The van der Waals surface area contributed by atoms with Crippen molar-refractivity contribution in [3.63, 3.8) is 0 Å². The van der Waals surface area contributed by atoms with E-state index in [1.807, 2.05) is 24.3 Å². The molecule has 178 valence electrons. The number of sulfonamides is 1. The summed E-state index contributed by atoms with van der Waals surface area (Å²) >= 11 is 0. The maximum Gasteiger partial charge on any atom is 0.255 e. The molecule has 4 rings (SSSR count). The van der Waals surface area contributed by atoms with E-state index in [-0.39, 0.29) is 17.2 Å². The molecule has 0 heterocycles. The van der Waals surface area contributed by atoms with E-state index in [1.54, 1.807) is 24.3 Å². The van der Waals surface area contributed by atoms with Crippen molar-refractivity contribution in [2.75, 3.05) is 6.54 Å². The van der Waals surface area contributed by atoms with E-state index in [2.05, 4.69) is 10.5 Å². The van der Waals surface area contributed by atoms with Crippen LogP contribution in [0.25, 0.3) is 10.8 Å². The molecule has 0 unspecified atom stereocenters. The molecule has 0 aliphatic heterocycles. The second-order valence-corrected chi connectivity index (χ2v) is 9.66. The largest absolute Gasteiger partial charge is 0.507 e. The van der Waals surface area contributed by atoms with Gasteiger partial charge in [-0.1, -0.05) is 60.7 Å². The molecule has 2 N–H and O–H groups in total. The molecule has 4 aromatic rings. The number of nitrogens with one attached hydrogen (secondary N) is 1. The Balaban J connectivity index is 1.54. The van der Waals surface area contributed by atoms with Crippen LogP contribution in [0.15, 0.2) is 101 Å². The van der Waals surface area contributed by atoms with Crippen molar-refractivity contribution >= 4 is 32.9 Å². The van der Waals surface area contributed by atoms with Crippen LogP contribution in [0, 0.1) is 5.82 Å². The van der Waals surface area contributed by atoms with Gasteiger partial charge in [0, 0.05) is 12.1 Å². The second kappa shape index (κ2) is 10.5. The predicted octanol–water partition coefficient (Wildman–Crippen LogP) is 4.03. The molecule has 0 aliphatic carbocycles. The van der Waals surface area contributed by atoms with Gasteiger partial charge in [0.2, 0.25) is 10.0 Å². The van der Waals surface area contributed by atoms with Gasteiger partial charge in [0.1, 0.15) is 11.6 Å². The minimum absolute atomic E-state index is 0.00806. The number of amides is 1. The number of phenolic OH excluding ortho intramolecular Hbond substituents is 1. The molecule has 0 bridgehead atoms. The summed E-state index contributed by atoms with van der Waals surface area (Å²) < 4.78 is 40.8. The number of benzene rings is 4. The fraction of sp³-hybridized carbons (Fsp3) is 0.0769. The zero-order valence-corrected chi connectivity index (χ0v) is 19.3. The van der Waals surface area contributed by atoms with Gasteiger partial charge in [0.25, 0.3) is 5.91 Å². The summed E-state index contributed by atoms with van der Waals surface area (Å²) in [4.78, 5) is 12.7. The number of hydrogen-bond acceptors (Lipinski definition) is 5. The Morgan fingerprint density at radius 1 is 0.943 bits per heavy atom. The van der Waals surface area contributed by atoms with E-state index in [9.17, 15) is 22.7 Å². The lowest BCUT2D eigenvalue weighted by molar-refractivity contribution is -0.121. The van der Waals surface area contributed by atoms with Crippen molar-refractivity contribution < 1.29 is 22.7 Å². The topological polar surface area (TPSA) is 99.1 Å². The van der Waals surface area contributed by atoms with E-state index < -0.39 is 28.3 Å². The van der Waals surface area contributed by atoms with E-state index in [0.29, 0.717) is 11.1 Å². The van der Waals surface area contributed by atoms with Crippen LogP contribution in [-0.2, 0) is 21.4 Å². The quantitative estimate of drug-likeness (QED) is 0.287. The lowest BCUT2D eigenvalue weighted by atomic mass is 10.0. The number of halogens is 1. The number of phenols is 1. The lowest BCUT2D eigenvalue weighted by Gasteiger charge is -2.21. The Morgan fingerprint density at radius 2 is 1.63 bits per heavy atom. The monoisotopic (exact) mass is 491 g/mol. The summed E-state index contributed by atoms with van der Waals surface area (Å²) in [5.41, 5.74) is 3.26. The number of nitrogens with zero attached hydrogens (tertiary/aromatic N) is 2. The van der Waals surface area contributed by atoms with Gasteiger partial charge in [-0.15, -0.1) is 0 Å². The number of carbonyl (C=O) groups is 1. The Bertz CT molecular complexity index is 1470. The van der Waals surface area contributed by atoms with Gasteiger partial charge >= 0.3 is 0 Å². The molecule has 0 spiro atoms. The molecule has 35 heavy (non-hydrogen) atoms. The number of hydrazone groups is 1. The molecule has 0 radical (unpaired) electrons. The summed E-state index contributed by atoms with van der Waals surface area (Å²) in [6.45, 7) is -0.660. The van der Waals surface area contributed by atoms with Crippen LogP contribution >= 0.6 is 0 Å². The SMILES string of the molecule is O=C(CN(Cc1ccc(F)cc1)S(=O)(=O)c1ccccc1)N/N=C\c1c(O)ccc2ccccc12. The average Bonchev–Trinajstić information content (AvgIpc) is 2.87. The van der Waals surface area contributed by atoms with Crippen LogP contribution in [0.3, 0.4) is 0 Å². The minimum atomic E-state index is -4.03. The smallest absolute Gasteiger partial charge is 0.255 e. The zero-order chi connectivity index (χ0) is 24.8. The van der Waals surface area contributed by atoms with Crippen molar-refractivity contribution in [1.29, 1.82) is 0 Å². The minimum Gasteiger partial charge on any atom is -0.507 e. The van der Waals surface area contributed by atoms with Gasteiger partial charge in [0.15, 0.2) is 0 Å². The molecular weight excluding hydrogens is 469 g/mol. The molecule has 0 aliphatic rings. The highest BCUT2D eigenvalue weighted by atomic mass is 32.2. The van der Waals surface area contributed by atoms with Gasteiger partial charge < -0.3 is 5.11 Å². The second-order valence-electron chi connectivity index (χ2n) is 7.73. The first-order valence-electron chi connectivity index (χ1n) is 10.7. The van der Waals surface area contributed by atoms with Crippen molar-refractivity contribution in [2.24, 2.45) is 5.10 Å². The highest BCUT2D eigenvalue weighted by Crippen LogP contribution is 2.25. The van der Waals surface area contributed by atoms with E-state index in [1.165, 1.54) is 48.7 Å². The molecule has 7 nitrogen and oxygen atoms in total. The van der Waals surface area contributed by atoms with E-state index >= 15 is 0 Å². The molecule has 0 saturated carbocycles. The summed E-state index contributed by atoms with van der Waals surface area (Å²) in [5.74, 6) is -1.14. The standard InChI is InChI=1S/C26H22FN3O4S/c27-21-13-10-19(11-14-21)17-30(35(33,34)22-7-2-1-3-8-22)18-26(32)29-28-16-24-23-9-5-4-6-20(23)12-15-25(24)31/h1-16,31H,17-18H2,(H,29,32)/b28-16-. The average molecular weight is 492 g/mol. The molecular formula is C26H22FN3O4S. The van der Waals surface area contributed by atoms with Gasteiger partial charge in [0.05, 0.1) is 17.7 Å². The van der Waals surface area contributed by atoms with Crippen LogP contribution in [-0.4, -0.2) is 36.5 Å². The molecule has 0 aromatic heterocycles. The van der Waals surface area contributed by atoms with E-state index in [4.69, 9.17) is 0 Å². The van der Waals surface area contributed by atoms with Crippen molar-refractivity contribution in [3.05, 3.63) is 108 Å². The molecule has 4 aromatic carbocycles. The van der Waals surface area contributed by atoms with Crippen LogP contribution in [0.5, 0.6) is 5.75 Å². The maximum absolute atomic E-state index is 13.3. The fourth-order valence-electron chi connectivity index (χ4n) is 3.54. The Kier molecular flexibility index (Phi) is 7.19. The van der Waals surface area contributed by atoms with Gasteiger partial charge in [-0.3, -0.25) is 4.79 Å². The summed E-state index contributed by atoms with van der Waals surface area (Å²) in [5, 5.41) is 15.8. The van der Waals surface area contributed by atoms with Gasteiger partial charge in [-0.2, -0.15) is 9.41 Å². The number of aromatic hydroxyl groups is 1. The predicted molar refractivity (Wildman–Crippen MR) is 132 cm³/mol. The molecule has 0 saturated heterocycles. The summed E-state index contributed by atoms with van der Waals surface area (Å²) in [6.07, 6.45) is 1.31. The van der Waals surface area contributed by atoms with Gasteiger partial charge in [-0.25, -0.2) is 18.2 Å². The third-order valence-corrected chi connectivity index (χ3v) is 7.11. The number of hydrogen-bond donors (Lipinski definition) is 2. The molecule has 1 amide bonds. The number of carbonyl (C=O) groups excluding carboxylic acids is 1. The normalized spacial score (nSPS) is 11.8. The van der Waals surface area contributed by atoms with Crippen LogP contribution in [0.2, 0.25) is 0 Å². The number of fused-ring (bicyclic) bond motifs is 1. The van der Waals surface area contributed by atoms with Crippen LogP contribution in [0.4, 0.5) is 4.39 Å². The van der Waals surface area contributed by atoms with Crippen LogP contribution < -0.4 is 5.43 Å². The molecule has 0 atom stereocenters. The molecule has 9 heteroatoms. The maximum atomic E-state index is 13.3. The molecule has 0 fully saturated rings.